The number of rotatable bonds is 4. The zero-order chi connectivity index (χ0) is 15.2. The third-order valence-corrected chi connectivity index (χ3v) is 4.52. The van der Waals surface area contributed by atoms with Gasteiger partial charge in [0.25, 0.3) is 0 Å². The second-order valence-corrected chi connectivity index (χ2v) is 6.07. The fraction of sp³-hybridized carbons (Fsp3) is 0.467. The predicted molar refractivity (Wildman–Crippen MR) is 87.9 cm³/mol. The van der Waals surface area contributed by atoms with E-state index in [0.29, 0.717) is 0 Å². The largest absolute Gasteiger partial charge is 0.364 e. The molecule has 3 heterocycles. The van der Waals surface area contributed by atoms with Gasteiger partial charge in [0.2, 0.25) is 0 Å². The van der Waals surface area contributed by atoms with Crippen molar-refractivity contribution in [3.05, 3.63) is 40.4 Å². The summed E-state index contributed by atoms with van der Waals surface area (Å²) in [5, 5.41) is 11.7. The first kappa shape index (κ1) is 15.1. The lowest BCUT2D eigenvalue weighted by Gasteiger charge is -2.36. The minimum atomic E-state index is 0.829. The first-order chi connectivity index (χ1) is 10.8. The lowest BCUT2D eigenvalue weighted by molar-refractivity contribution is 0.169. The molecule has 1 aliphatic rings. The Morgan fingerprint density at radius 1 is 1.36 bits per heavy atom. The number of thiophene rings is 1. The van der Waals surface area contributed by atoms with Gasteiger partial charge in [0.15, 0.2) is 5.96 Å². The van der Waals surface area contributed by atoms with Crippen LogP contribution in [0.25, 0.3) is 0 Å². The van der Waals surface area contributed by atoms with Crippen LogP contribution in [0.15, 0.2) is 38.7 Å². The highest BCUT2D eigenvalue weighted by Crippen LogP contribution is 2.08. The molecule has 7 heteroatoms. The molecule has 1 saturated heterocycles. The number of hydrogen-bond acceptors (Lipinski definition) is 5. The molecule has 22 heavy (non-hydrogen) atoms. The van der Waals surface area contributed by atoms with Gasteiger partial charge in [-0.05, 0) is 22.4 Å². The van der Waals surface area contributed by atoms with Crippen molar-refractivity contribution in [3.8, 4) is 0 Å². The number of nitrogens with one attached hydrogen (secondary N) is 1. The van der Waals surface area contributed by atoms with Crippen molar-refractivity contribution >= 4 is 17.3 Å². The van der Waals surface area contributed by atoms with Crippen molar-refractivity contribution in [1.82, 2.24) is 20.3 Å². The van der Waals surface area contributed by atoms with Gasteiger partial charge in [-0.1, -0.05) is 5.16 Å². The van der Waals surface area contributed by atoms with Gasteiger partial charge in [-0.25, -0.2) is 0 Å². The molecule has 6 nitrogen and oxygen atoms in total. The van der Waals surface area contributed by atoms with E-state index in [1.807, 2.05) is 13.1 Å². The average Bonchev–Trinajstić information content (AvgIpc) is 3.23. The molecule has 1 N–H and O–H groups in total. The van der Waals surface area contributed by atoms with Crippen LogP contribution in [0.3, 0.4) is 0 Å². The van der Waals surface area contributed by atoms with Gasteiger partial charge >= 0.3 is 0 Å². The Balaban J connectivity index is 1.46. The van der Waals surface area contributed by atoms with Crippen molar-refractivity contribution in [2.24, 2.45) is 4.99 Å². The standard InChI is InChI=1S/C15H21N5OS/c1-16-15(17-10-13-3-9-22-12-13)20-6-4-19(5-7-20)11-14-2-8-21-18-14/h2-3,8-9,12H,4-7,10-11H2,1H3,(H,16,17). The quantitative estimate of drug-likeness (QED) is 0.686. The Hall–Kier alpha value is -1.86. The molecule has 0 aliphatic carbocycles. The third-order valence-electron chi connectivity index (χ3n) is 3.79. The second-order valence-electron chi connectivity index (χ2n) is 5.29. The Morgan fingerprint density at radius 3 is 2.86 bits per heavy atom. The zero-order valence-corrected chi connectivity index (χ0v) is 13.6. The van der Waals surface area contributed by atoms with Crippen molar-refractivity contribution in [2.45, 2.75) is 13.1 Å². The highest BCUT2D eigenvalue weighted by Gasteiger charge is 2.20. The van der Waals surface area contributed by atoms with Crippen LogP contribution >= 0.6 is 11.3 Å². The molecule has 0 saturated carbocycles. The van der Waals surface area contributed by atoms with E-state index in [0.717, 1.165) is 50.9 Å². The van der Waals surface area contributed by atoms with Crippen LogP contribution in [0.5, 0.6) is 0 Å². The topological polar surface area (TPSA) is 56.9 Å². The Bertz CT molecular complexity index is 573. The van der Waals surface area contributed by atoms with Gasteiger partial charge < -0.3 is 14.7 Å². The van der Waals surface area contributed by atoms with Gasteiger partial charge in [0.1, 0.15) is 6.26 Å². The molecule has 0 radical (unpaired) electrons. The summed E-state index contributed by atoms with van der Waals surface area (Å²) in [7, 11) is 1.84. The summed E-state index contributed by atoms with van der Waals surface area (Å²) >= 11 is 1.72. The van der Waals surface area contributed by atoms with E-state index in [4.69, 9.17) is 4.52 Å². The Kier molecular flexibility index (Phi) is 5.07. The zero-order valence-electron chi connectivity index (χ0n) is 12.7. The highest BCUT2D eigenvalue weighted by atomic mass is 32.1. The van der Waals surface area contributed by atoms with Crippen LogP contribution in [-0.2, 0) is 13.1 Å². The van der Waals surface area contributed by atoms with Gasteiger partial charge in [0.05, 0.1) is 5.69 Å². The first-order valence-electron chi connectivity index (χ1n) is 7.43. The van der Waals surface area contributed by atoms with Gasteiger partial charge in [0, 0.05) is 52.4 Å². The van der Waals surface area contributed by atoms with Crippen molar-refractivity contribution in [2.75, 3.05) is 33.2 Å². The first-order valence-corrected chi connectivity index (χ1v) is 8.38. The van der Waals surface area contributed by atoms with Crippen LogP contribution in [0.4, 0.5) is 0 Å². The van der Waals surface area contributed by atoms with E-state index in [1.54, 1.807) is 17.6 Å². The van der Waals surface area contributed by atoms with Crippen LogP contribution in [-0.4, -0.2) is 54.1 Å². The SMILES string of the molecule is CN=C(NCc1ccsc1)N1CCN(Cc2ccon2)CC1. The van der Waals surface area contributed by atoms with E-state index < -0.39 is 0 Å². The summed E-state index contributed by atoms with van der Waals surface area (Å²) in [4.78, 5) is 9.10. The molecule has 118 valence electrons. The van der Waals surface area contributed by atoms with Crippen molar-refractivity contribution < 1.29 is 4.52 Å². The van der Waals surface area contributed by atoms with Crippen LogP contribution in [0, 0.1) is 0 Å². The number of guanidine groups is 1. The summed E-state index contributed by atoms with van der Waals surface area (Å²) in [5.41, 5.74) is 2.30. The number of piperazine rings is 1. The van der Waals surface area contributed by atoms with Crippen LogP contribution in [0.1, 0.15) is 11.3 Å². The Labute approximate surface area is 134 Å². The second kappa shape index (κ2) is 7.42. The van der Waals surface area contributed by atoms with Gasteiger partial charge in [-0.2, -0.15) is 11.3 Å². The molecule has 1 fully saturated rings. The normalized spacial score (nSPS) is 17.0. The Morgan fingerprint density at radius 2 is 2.23 bits per heavy atom. The van der Waals surface area contributed by atoms with Gasteiger partial charge in [-0.3, -0.25) is 9.89 Å². The van der Waals surface area contributed by atoms with E-state index in [1.165, 1.54) is 5.56 Å². The molecule has 0 aromatic carbocycles. The summed E-state index contributed by atoms with van der Waals surface area (Å²) in [5.74, 6) is 0.979. The van der Waals surface area contributed by atoms with Crippen molar-refractivity contribution in [1.29, 1.82) is 0 Å². The maximum absolute atomic E-state index is 4.88. The molecule has 3 rings (SSSR count). The smallest absolute Gasteiger partial charge is 0.194 e. The van der Waals surface area contributed by atoms with E-state index >= 15 is 0 Å². The molecule has 1 aliphatic heterocycles. The molecule has 2 aromatic heterocycles. The minimum absolute atomic E-state index is 0.829. The summed E-state index contributed by atoms with van der Waals surface area (Å²) in [6.45, 7) is 5.64. The molecule has 0 spiro atoms. The third kappa shape index (κ3) is 3.86. The molecule has 0 bridgehead atoms. The minimum Gasteiger partial charge on any atom is -0.364 e. The van der Waals surface area contributed by atoms with Gasteiger partial charge in [-0.15, -0.1) is 0 Å². The molecule has 0 atom stereocenters. The predicted octanol–water partition coefficient (Wildman–Crippen LogP) is 1.63. The summed E-state index contributed by atoms with van der Waals surface area (Å²) in [6, 6.07) is 4.06. The van der Waals surface area contributed by atoms with E-state index in [2.05, 4.69) is 42.1 Å². The number of hydrogen-bond donors (Lipinski definition) is 1. The number of aliphatic imine (C=N–C) groups is 1. The maximum Gasteiger partial charge on any atom is 0.194 e. The van der Waals surface area contributed by atoms with E-state index in [9.17, 15) is 0 Å². The number of aromatic nitrogens is 1. The maximum atomic E-state index is 4.88. The lowest BCUT2D eigenvalue weighted by atomic mass is 10.3. The van der Waals surface area contributed by atoms with Crippen LogP contribution in [0.2, 0.25) is 0 Å². The number of nitrogens with zero attached hydrogens (tertiary/aromatic N) is 4. The molecular weight excluding hydrogens is 298 g/mol. The van der Waals surface area contributed by atoms with E-state index in [-0.39, 0.29) is 0 Å². The fourth-order valence-corrected chi connectivity index (χ4v) is 3.24. The summed E-state index contributed by atoms with van der Waals surface area (Å²) < 4.78 is 4.88. The summed E-state index contributed by atoms with van der Waals surface area (Å²) in [6.07, 6.45) is 1.63. The van der Waals surface area contributed by atoms with Crippen molar-refractivity contribution in [3.63, 3.8) is 0 Å². The fourth-order valence-electron chi connectivity index (χ4n) is 2.57. The lowest BCUT2D eigenvalue weighted by Crippen LogP contribution is -2.52. The monoisotopic (exact) mass is 319 g/mol. The molecule has 0 amide bonds. The molecular formula is C15H21N5OS. The molecule has 2 aromatic rings. The average molecular weight is 319 g/mol. The van der Waals surface area contributed by atoms with Crippen LogP contribution < -0.4 is 5.32 Å². The molecule has 0 unspecified atom stereocenters. The highest BCUT2D eigenvalue weighted by molar-refractivity contribution is 7.07.